The number of aromatic hydroxyl groups is 1. The second-order valence-corrected chi connectivity index (χ2v) is 5.40. The lowest BCUT2D eigenvalue weighted by Gasteiger charge is -2.07. The first-order chi connectivity index (χ1) is 12.0. The van der Waals surface area contributed by atoms with Crippen LogP contribution in [0.2, 0.25) is 0 Å². The molecule has 1 heterocycles. The molecule has 134 valence electrons. The number of carbonyl (C=O) groups excluding carboxylic acids is 3. The Hall–Kier alpha value is -3.07. The number of nitrogens with two attached hydrogens (primary N) is 1. The van der Waals surface area contributed by atoms with Crippen LogP contribution in [0, 0.1) is 0 Å². The van der Waals surface area contributed by atoms with Crippen LogP contribution in [-0.2, 0) is 20.8 Å². The van der Waals surface area contributed by atoms with Crippen LogP contribution in [-0.4, -0.2) is 54.0 Å². The van der Waals surface area contributed by atoms with E-state index in [1.807, 2.05) is 6.20 Å². The Morgan fingerprint density at radius 1 is 1.04 bits per heavy atom. The number of rotatable bonds is 8. The molecule has 9 heteroatoms. The number of aromatic amines is 1. The molecule has 1 aromatic heterocycles. The zero-order chi connectivity index (χ0) is 18.2. The highest BCUT2D eigenvalue weighted by Crippen LogP contribution is 2.22. The molecule has 0 bridgehead atoms. The highest BCUT2D eigenvalue weighted by molar-refractivity contribution is 5.88. The van der Waals surface area contributed by atoms with Gasteiger partial charge in [0.2, 0.25) is 17.7 Å². The van der Waals surface area contributed by atoms with Crippen molar-refractivity contribution >= 4 is 28.6 Å². The van der Waals surface area contributed by atoms with Crippen molar-refractivity contribution < 1.29 is 19.5 Å². The first kappa shape index (κ1) is 18.3. The van der Waals surface area contributed by atoms with Gasteiger partial charge in [0.1, 0.15) is 5.75 Å². The van der Waals surface area contributed by atoms with Crippen LogP contribution in [0.5, 0.6) is 5.75 Å². The van der Waals surface area contributed by atoms with Gasteiger partial charge in [0, 0.05) is 23.6 Å². The normalized spacial score (nSPS) is 10.4. The van der Waals surface area contributed by atoms with Crippen molar-refractivity contribution in [1.29, 1.82) is 0 Å². The first-order valence-electron chi connectivity index (χ1n) is 7.78. The van der Waals surface area contributed by atoms with Crippen LogP contribution >= 0.6 is 0 Å². The van der Waals surface area contributed by atoms with Crippen molar-refractivity contribution in [1.82, 2.24) is 20.9 Å². The molecule has 1 aromatic carbocycles. The second-order valence-electron chi connectivity index (χ2n) is 5.40. The van der Waals surface area contributed by atoms with Crippen LogP contribution in [0.3, 0.4) is 0 Å². The van der Waals surface area contributed by atoms with Gasteiger partial charge in [0.05, 0.1) is 19.6 Å². The molecule has 0 aliphatic rings. The average molecular weight is 347 g/mol. The SMILES string of the molecule is NCC(=O)NCC(=O)NCC(=O)NCCc1c[nH]c2ccc(O)cc12. The number of fused-ring (bicyclic) bond motifs is 1. The third-order valence-corrected chi connectivity index (χ3v) is 3.55. The molecule has 2 aromatic rings. The van der Waals surface area contributed by atoms with Gasteiger partial charge in [-0.1, -0.05) is 0 Å². The molecular weight excluding hydrogens is 326 g/mol. The molecule has 0 aliphatic heterocycles. The van der Waals surface area contributed by atoms with Gasteiger partial charge in [0.25, 0.3) is 0 Å². The highest BCUT2D eigenvalue weighted by Gasteiger charge is 2.08. The van der Waals surface area contributed by atoms with E-state index in [1.165, 1.54) is 0 Å². The van der Waals surface area contributed by atoms with E-state index in [1.54, 1.807) is 18.2 Å². The maximum atomic E-state index is 11.7. The molecule has 0 aliphatic carbocycles. The van der Waals surface area contributed by atoms with Gasteiger partial charge >= 0.3 is 0 Å². The van der Waals surface area contributed by atoms with Crippen molar-refractivity contribution in [2.75, 3.05) is 26.2 Å². The van der Waals surface area contributed by atoms with Crippen molar-refractivity contribution in [3.8, 4) is 5.75 Å². The summed E-state index contributed by atoms with van der Waals surface area (Å²) in [5.74, 6) is -1.06. The Morgan fingerprint density at radius 3 is 2.44 bits per heavy atom. The van der Waals surface area contributed by atoms with Crippen molar-refractivity contribution in [3.63, 3.8) is 0 Å². The van der Waals surface area contributed by atoms with Gasteiger partial charge in [-0.2, -0.15) is 0 Å². The van der Waals surface area contributed by atoms with Gasteiger partial charge < -0.3 is 31.8 Å². The van der Waals surface area contributed by atoms with E-state index in [0.717, 1.165) is 16.5 Å². The summed E-state index contributed by atoms with van der Waals surface area (Å²) in [6, 6.07) is 5.05. The lowest BCUT2D eigenvalue weighted by molar-refractivity contribution is -0.127. The fraction of sp³-hybridized carbons (Fsp3) is 0.312. The zero-order valence-electron chi connectivity index (χ0n) is 13.6. The third kappa shape index (κ3) is 5.50. The second kappa shape index (κ2) is 8.69. The van der Waals surface area contributed by atoms with Gasteiger partial charge in [-0.15, -0.1) is 0 Å². The first-order valence-corrected chi connectivity index (χ1v) is 7.78. The van der Waals surface area contributed by atoms with E-state index >= 15 is 0 Å². The number of H-pyrrole nitrogens is 1. The summed E-state index contributed by atoms with van der Waals surface area (Å²) in [6.45, 7) is -0.200. The van der Waals surface area contributed by atoms with E-state index in [-0.39, 0.29) is 31.3 Å². The fourth-order valence-electron chi connectivity index (χ4n) is 2.26. The number of nitrogens with one attached hydrogen (secondary N) is 4. The van der Waals surface area contributed by atoms with Crippen LogP contribution in [0.25, 0.3) is 10.9 Å². The lowest BCUT2D eigenvalue weighted by Crippen LogP contribution is -2.43. The summed E-state index contributed by atoms with van der Waals surface area (Å²) >= 11 is 0. The molecule has 2 rings (SSSR count). The molecule has 25 heavy (non-hydrogen) atoms. The smallest absolute Gasteiger partial charge is 0.239 e. The van der Waals surface area contributed by atoms with Crippen molar-refractivity contribution in [2.24, 2.45) is 5.73 Å². The zero-order valence-corrected chi connectivity index (χ0v) is 13.6. The highest BCUT2D eigenvalue weighted by atomic mass is 16.3. The minimum atomic E-state index is -0.468. The number of benzene rings is 1. The average Bonchev–Trinajstić information content (AvgIpc) is 3.00. The predicted octanol–water partition coefficient (Wildman–Crippen LogP) is -1.28. The summed E-state index contributed by atoms with van der Waals surface area (Å²) < 4.78 is 0. The number of phenols is 1. The quantitative estimate of drug-likeness (QED) is 0.352. The molecule has 0 unspecified atom stereocenters. The predicted molar refractivity (Wildman–Crippen MR) is 91.8 cm³/mol. The van der Waals surface area contributed by atoms with Crippen molar-refractivity contribution in [2.45, 2.75) is 6.42 Å². The maximum absolute atomic E-state index is 11.7. The van der Waals surface area contributed by atoms with Gasteiger partial charge in [-0.3, -0.25) is 14.4 Å². The molecule has 7 N–H and O–H groups in total. The molecule has 0 spiro atoms. The number of amides is 3. The molecular formula is C16H21N5O4. The summed E-state index contributed by atoms with van der Waals surface area (Å²) in [7, 11) is 0. The number of phenolic OH excluding ortho intramolecular Hbond substituents is 1. The minimum absolute atomic E-state index is 0.175. The largest absolute Gasteiger partial charge is 0.508 e. The molecule has 0 atom stereocenters. The van der Waals surface area contributed by atoms with E-state index in [0.29, 0.717) is 13.0 Å². The molecule has 0 fully saturated rings. The summed E-state index contributed by atoms with van der Waals surface area (Å²) in [5, 5.41) is 17.8. The Kier molecular flexibility index (Phi) is 6.35. The Labute approximate surface area is 144 Å². The molecule has 3 amide bonds. The van der Waals surface area contributed by atoms with Gasteiger partial charge in [-0.25, -0.2) is 0 Å². The maximum Gasteiger partial charge on any atom is 0.239 e. The fourth-order valence-corrected chi connectivity index (χ4v) is 2.26. The molecule has 0 saturated heterocycles. The topological polar surface area (TPSA) is 149 Å². The number of hydrogen-bond acceptors (Lipinski definition) is 5. The molecule has 9 nitrogen and oxygen atoms in total. The van der Waals surface area contributed by atoms with Crippen LogP contribution in [0.15, 0.2) is 24.4 Å². The standard InChI is InChI=1S/C16H21N5O4/c17-6-14(23)20-9-16(25)21-8-15(24)18-4-3-10-7-19-13-2-1-11(22)5-12(10)13/h1-2,5,7,19,22H,3-4,6,8-9,17H2,(H,18,24)(H,20,23)(H,21,25). The van der Waals surface area contributed by atoms with Crippen molar-refractivity contribution in [3.05, 3.63) is 30.0 Å². The molecule has 0 saturated carbocycles. The van der Waals surface area contributed by atoms with Crippen LogP contribution in [0.4, 0.5) is 0 Å². The van der Waals surface area contributed by atoms with Gasteiger partial charge in [-0.05, 0) is 30.2 Å². The van der Waals surface area contributed by atoms with E-state index in [4.69, 9.17) is 5.73 Å². The third-order valence-electron chi connectivity index (χ3n) is 3.55. The monoisotopic (exact) mass is 347 g/mol. The molecule has 0 radical (unpaired) electrons. The summed E-state index contributed by atoms with van der Waals surface area (Å²) in [5.41, 5.74) is 6.97. The van der Waals surface area contributed by atoms with E-state index < -0.39 is 11.8 Å². The Morgan fingerprint density at radius 2 is 1.72 bits per heavy atom. The van der Waals surface area contributed by atoms with Crippen LogP contribution in [0.1, 0.15) is 5.56 Å². The lowest BCUT2D eigenvalue weighted by atomic mass is 10.1. The number of aromatic nitrogens is 1. The number of hydrogen-bond donors (Lipinski definition) is 6. The summed E-state index contributed by atoms with van der Waals surface area (Å²) in [4.78, 5) is 37.1. The Balaban J connectivity index is 1.70. The Bertz CT molecular complexity index is 771. The van der Waals surface area contributed by atoms with E-state index in [2.05, 4.69) is 20.9 Å². The van der Waals surface area contributed by atoms with E-state index in [9.17, 15) is 19.5 Å². The number of carbonyl (C=O) groups is 3. The van der Waals surface area contributed by atoms with Gasteiger partial charge in [0.15, 0.2) is 0 Å². The summed E-state index contributed by atoms with van der Waals surface area (Å²) in [6.07, 6.45) is 2.41. The van der Waals surface area contributed by atoms with Crippen LogP contribution < -0.4 is 21.7 Å². The minimum Gasteiger partial charge on any atom is -0.508 e.